The monoisotopic (exact) mass is 762 g/mol. The summed E-state index contributed by atoms with van der Waals surface area (Å²) < 4.78 is 28.1. The van der Waals surface area contributed by atoms with Crippen LogP contribution in [-0.2, 0) is 4.84 Å². The Kier molecular flexibility index (Phi) is 13.9. The van der Waals surface area contributed by atoms with Crippen LogP contribution < -0.4 is 31.6 Å². The summed E-state index contributed by atoms with van der Waals surface area (Å²) in [4.78, 5) is 56.0. The third-order valence-electron chi connectivity index (χ3n) is 6.47. The van der Waals surface area contributed by atoms with Crippen molar-refractivity contribution in [3.05, 3.63) is 69.7 Å². The molecule has 15 nitrogen and oxygen atoms in total. The first kappa shape index (κ1) is 41.4. The summed E-state index contributed by atoms with van der Waals surface area (Å²) in [6.07, 6.45) is 0. The smallest absolute Gasteiger partial charge is 0.274 e. The topological polar surface area (TPSA) is 189 Å². The van der Waals surface area contributed by atoms with Crippen molar-refractivity contribution in [3.63, 3.8) is 0 Å². The number of aromatic nitrogens is 6. The Balaban J connectivity index is 0.000000281. The second-order valence-corrected chi connectivity index (χ2v) is 14.6. The quantitative estimate of drug-likeness (QED) is 0.127. The lowest BCUT2D eigenvalue weighted by molar-refractivity contribution is 0.0537. The number of primary amides is 1. The van der Waals surface area contributed by atoms with Crippen molar-refractivity contribution in [1.82, 2.24) is 35.4 Å². The molecule has 280 valence electrons. The number of carbonyl (C=O) groups is 2. The van der Waals surface area contributed by atoms with E-state index < -0.39 is 23.4 Å². The molecule has 2 heterocycles. The number of halogens is 4. The lowest BCUT2D eigenvalue weighted by atomic mass is 9.96. The minimum absolute atomic E-state index is 0.0105. The van der Waals surface area contributed by atoms with Crippen molar-refractivity contribution < 1.29 is 23.2 Å². The van der Waals surface area contributed by atoms with Crippen LogP contribution in [0, 0.1) is 22.5 Å². The van der Waals surface area contributed by atoms with Gasteiger partial charge in [-0.15, -0.1) is 0 Å². The van der Waals surface area contributed by atoms with Gasteiger partial charge in [0.2, 0.25) is 40.3 Å². The zero-order valence-corrected chi connectivity index (χ0v) is 31.8. The van der Waals surface area contributed by atoms with E-state index in [9.17, 15) is 18.4 Å². The average Bonchev–Trinajstić information content (AvgIpc) is 3.01. The first-order valence-corrected chi connectivity index (χ1v) is 16.4. The van der Waals surface area contributed by atoms with E-state index >= 15 is 0 Å². The normalized spacial score (nSPS) is 11.2. The van der Waals surface area contributed by atoms with Crippen molar-refractivity contribution in [2.75, 3.05) is 54.7 Å². The van der Waals surface area contributed by atoms with Gasteiger partial charge in [-0.25, -0.2) is 14.3 Å². The first-order valence-electron chi connectivity index (χ1n) is 15.7. The Labute approximate surface area is 310 Å². The molecular weight excluding hydrogens is 721 g/mol. The number of rotatable bonds is 11. The van der Waals surface area contributed by atoms with Gasteiger partial charge in [0.25, 0.3) is 5.91 Å². The summed E-state index contributed by atoms with van der Waals surface area (Å²) in [5, 5.41) is 5.39. The molecule has 0 unspecified atom stereocenters. The lowest BCUT2D eigenvalue weighted by Crippen LogP contribution is -2.30. The molecule has 2 aromatic carbocycles. The van der Waals surface area contributed by atoms with Gasteiger partial charge in [0.15, 0.2) is 0 Å². The first-order chi connectivity index (χ1) is 24.1. The van der Waals surface area contributed by atoms with Gasteiger partial charge in [-0.05, 0) is 70.4 Å². The predicted molar refractivity (Wildman–Crippen MR) is 197 cm³/mol. The number of nitrogens with one attached hydrogen (secondary N) is 3. The number of benzene rings is 2. The number of hydrogen-bond acceptors (Lipinski definition) is 13. The van der Waals surface area contributed by atoms with Crippen LogP contribution in [0.15, 0.2) is 36.4 Å². The van der Waals surface area contributed by atoms with Gasteiger partial charge >= 0.3 is 0 Å². The number of carbonyl (C=O) groups excluding carboxylic acids is 2. The Bertz CT molecular complexity index is 1890. The molecule has 0 bridgehead atoms. The minimum atomic E-state index is -0.665. The molecule has 52 heavy (non-hydrogen) atoms. The molecule has 0 aliphatic rings. The third kappa shape index (κ3) is 13.0. The highest BCUT2D eigenvalue weighted by molar-refractivity contribution is 6.28. The maximum absolute atomic E-state index is 14.1. The van der Waals surface area contributed by atoms with Crippen LogP contribution in [0.3, 0.4) is 0 Å². The maximum Gasteiger partial charge on any atom is 0.274 e. The van der Waals surface area contributed by atoms with Crippen LogP contribution in [0.5, 0.6) is 0 Å². The number of hydroxylamine groups is 1. The predicted octanol–water partition coefficient (Wildman–Crippen LogP) is 6.17. The number of anilines is 6. The van der Waals surface area contributed by atoms with E-state index in [2.05, 4.69) is 92.4 Å². The zero-order valence-electron chi connectivity index (χ0n) is 30.3. The van der Waals surface area contributed by atoms with Crippen LogP contribution in [-0.4, -0.2) is 76.0 Å². The second kappa shape index (κ2) is 17.5. The van der Waals surface area contributed by atoms with Gasteiger partial charge in [0.05, 0.1) is 18.5 Å². The van der Waals surface area contributed by atoms with Gasteiger partial charge in [-0.1, -0.05) is 41.5 Å². The van der Waals surface area contributed by atoms with Crippen molar-refractivity contribution in [1.29, 1.82) is 0 Å². The van der Waals surface area contributed by atoms with Gasteiger partial charge in [0.1, 0.15) is 11.6 Å². The van der Waals surface area contributed by atoms with Crippen LogP contribution in [0.1, 0.15) is 62.3 Å². The Morgan fingerprint density at radius 1 is 0.731 bits per heavy atom. The molecule has 5 N–H and O–H groups in total. The number of amides is 2. The van der Waals surface area contributed by atoms with Crippen LogP contribution in [0.2, 0.25) is 10.6 Å². The maximum atomic E-state index is 14.1. The van der Waals surface area contributed by atoms with Gasteiger partial charge < -0.3 is 26.2 Å². The van der Waals surface area contributed by atoms with E-state index in [0.717, 1.165) is 12.1 Å². The summed E-state index contributed by atoms with van der Waals surface area (Å²) in [5.41, 5.74) is 7.81. The summed E-state index contributed by atoms with van der Waals surface area (Å²) in [7, 11) is 4.97. The Hall–Kier alpha value is -5.00. The van der Waals surface area contributed by atoms with E-state index in [0.29, 0.717) is 25.0 Å². The van der Waals surface area contributed by atoms with Gasteiger partial charge in [-0.3, -0.25) is 14.4 Å². The molecule has 2 amide bonds. The molecule has 4 aromatic rings. The highest BCUT2D eigenvalue weighted by Crippen LogP contribution is 2.25. The summed E-state index contributed by atoms with van der Waals surface area (Å²) in [6.45, 7) is 13.8. The van der Waals surface area contributed by atoms with Crippen molar-refractivity contribution in [3.8, 4) is 0 Å². The second-order valence-electron chi connectivity index (χ2n) is 13.9. The van der Waals surface area contributed by atoms with E-state index in [-0.39, 0.29) is 55.8 Å². The van der Waals surface area contributed by atoms with Crippen molar-refractivity contribution >= 4 is 70.2 Å². The molecule has 2 aromatic heterocycles. The fourth-order valence-corrected chi connectivity index (χ4v) is 4.94. The van der Waals surface area contributed by atoms with Gasteiger partial charge in [0, 0.05) is 38.3 Å². The molecule has 19 heteroatoms. The van der Waals surface area contributed by atoms with Crippen LogP contribution >= 0.6 is 23.2 Å². The summed E-state index contributed by atoms with van der Waals surface area (Å²) in [6, 6.07) is 7.53. The molecule has 0 saturated heterocycles. The van der Waals surface area contributed by atoms with Crippen molar-refractivity contribution in [2.45, 2.75) is 41.5 Å². The summed E-state index contributed by atoms with van der Waals surface area (Å²) in [5.74, 6) is -1.51. The summed E-state index contributed by atoms with van der Waals surface area (Å²) >= 11 is 11.9. The fourth-order valence-electron chi connectivity index (χ4n) is 4.63. The van der Waals surface area contributed by atoms with Crippen molar-refractivity contribution in [2.24, 2.45) is 16.6 Å². The number of nitrogens with two attached hydrogens (primary N) is 1. The lowest BCUT2D eigenvalue weighted by Gasteiger charge is -2.26. The fraction of sp³-hybridized carbons (Fsp3) is 0.394. The van der Waals surface area contributed by atoms with E-state index in [1.165, 1.54) is 31.4 Å². The standard InChI is InChI=1S/C17H22ClFN6O2.C16H20ClFN6O/c1-17(2,3)9-25(4)16-22-14(18)21-15(23-16)20-12-8-10(6-7-11(12)19)13(26)24-27-5;1-16(2,3)8-24(4)15-22-13(17)21-14(23-15)20-11-7-9(12(19)25)5-6-10(11)18/h6-8H,9H2,1-5H3,(H,24,26)(H,20,21,22,23);5-7H,8H2,1-4H3,(H2,19,25)(H,20,21,22,23). The van der Waals surface area contributed by atoms with Crippen LogP contribution in [0.4, 0.5) is 43.9 Å². The molecule has 4 rings (SSSR count). The van der Waals surface area contributed by atoms with Crippen LogP contribution in [0.25, 0.3) is 0 Å². The minimum Gasteiger partial charge on any atom is -0.366 e. The molecule has 0 saturated carbocycles. The molecule has 0 spiro atoms. The molecular formula is C33H42Cl2F2N12O3. The van der Waals surface area contributed by atoms with Gasteiger partial charge in [-0.2, -0.15) is 29.9 Å². The SMILES string of the molecule is CN(CC(C)(C)C)c1nc(Cl)nc(Nc2cc(C(N)=O)ccc2F)n1.CONC(=O)c1ccc(F)c(Nc2nc(Cl)nc(N(C)CC(C)(C)C)n2)c1. The highest BCUT2D eigenvalue weighted by atomic mass is 35.5. The highest BCUT2D eigenvalue weighted by Gasteiger charge is 2.20. The molecule has 0 aliphatic carbocycles. The van der Waals surface area contributed by atoms with E-state index in [1.807, 2.05) is 23.9 Å². The van der Waals surface area contributed by atoms with E-state index in [4.69, 9.17) is 28.9 Å². The van der Waals surface area contributed by atoms with E-state index in [1.54, 1.807) is 0 Å². The molecule has 0 atom stereocenters. The molecule has 0 aliphatic heterocycles. The molecule has 0 radical (unpaired) electrons. The third-order valence-corrected chi connectivity index (χ3v) is 6.80. The average molecular weight is 764 g/mol. The number of nitrogens with zero attached hydrogens (tertiary/aromatic N) is 8. The Morgan fingerprint density at radius 2 is 1.13 bits per heavy atom. The Morgan fingerprint density at radius 3 is 1.52 bits per heavy atom. The zero-order chi connectivity index (χ0) is 39.0. The molecule has 0 fully saturated rings. The number of hydrogen-bond donors (Lipinski definition) is 4. The largest absolute Gasteiger partial charge is 0.366 e.